The summed E-state index contributed by atoms with van der Waals surface area (Å²) in [5.41, 5.74) is 3.14. The lowest BCUT2D eigenvalue weighted by atomic mass is 10.0. The summed E-state index contributed by atoms with van der Waals surface area (Å²) in [6, 6.07) is 13.7. The van der Waals surface area contributed by atoms with Crippen LogP contribution in [0.25, 0.3) is 11.3 Å². The van der Waals surface area contributed by atoms with Crippen molar-refractivity contribution in [2.24, 2.45) is 0 Å². The maximum Gasteiger partial charge on any atom is 0.254 e. The molecule has 1 aliphatic heterocycles. The zero-order chi connectivity index (χ0) is 25.8. The predicted molar refractivity (Wildman–Crippen MR) is 136 cm³/mol. The molecule has 0 saturated carbocycles. The molecule has 4 N–H and O–H groups in total. The second kappa shape index (κ2) is 11.0. The van der Waals surface area contributed by atoms with E-state index in [0.717, 1.165) is 11.1 Å². The fourth-order valence-corrected chi connectivity index (χ4v) is 4.28. The predicted octanol–water partition coefficient (Wildman–Crippen LogP) is 2.78. The Morgan fingerprint density at radius 1 is 1.19 bits per heavy atom. The van der Waals surface area contributed by atoms with Gasteiger partial charge in [-0.15, -0.1) is 0 Å². The first-order chi connectivity index (χ1) is 17.3. The highest BCUT2D eigenvalue weighted by Gasteiger charge is 2.30. The summed E-state index contributed by atoms with van der Waals surface area (Å²) in [5.74, 6) is -0.321. The number of hydrogen-bond donors (Lipinski definition) is 4. The van der Waals surface area contributed by atoms with Crippen LogP contribution in [0.3, 0.4) is 0 Å². The van der Waals surface area contributed by atoms with Crippen LogP contribution in [0.2, 0.25) is 5.02 Å². The second-order valence-electron chi connectivity index (χ2n) is 8.85. The van der Waals surface area contributed by atoms with Gasteiger partial charge in [0.15, 0.2) is 0 Å². The Labute approximate surface area is 214 Å². The van der Waals surface area contributed by atoms with Crippen LogP contribution in [-0.2, 0) is 11.3 Å². The molecule has 10 heteroatoms. The maximum atomic E-state index is 13.1. The number of rotatable bonds is 9. The number of fused-ring (bicyclic) bond motifs is 1. The minimum atomic E-state index is -0.803. The molecule has 9 nitrogen and oxygen atoms in total. The lowest BCUT2D eigenvalue weighted by Crippen LogP contribution is -2.41. The quantitative estimate of drug-likeness (QED) is 0.349. The van der Waals surface area contributed by atoms with E-state index in [1.54, 1.807) is 19.9 Å². The molecule has 0 fully saturated rings. The SMILES string of the molecule is C[C@H](O)[C@@H](NC(=O)CN1Cc2ccc(-c3nc(N[C@@H](C)CO)ncc3Cl)cc2C1=O)c1ccccc1. The van der Waals surface area contributed by atoms with E-state index in [-0.39, 0.29) is 31.0 Å². The van der Waals surface area contributed by atoms with E-state index in [1.807, 2.05) is 42.5 Å². The van der Waals surface area contributed by atoms with Crippen LogP contribution >= 0.6 is 11.6 Å². The number of benzene rings is 2. The van der Waals surface area contributed by atoms with Crippen molar-refractivity contribution in [2.45, 2.75) is 38.6 Å². The van der Waals surface area contributed by atoms with Crippen molar-refractivity contribution in [3.8, 4) is 11.3 Å². The highest BCUT2D eigenvalue weighted by atomic mass is 35.5. The van der Waals surface area contributed by atoms with Crippen molar-refractivity contribution in [2.75, 3.05) is 18.5 Å². The molecule has 2 aromatic carbocycles. The summed E-state index contributed by atoms with van der Waals surface area (Å²) in [6.07, 6.45) is 0.663. The van der Waals surface area contributed by atoms with Crippen molar-refractivity contribution in [1.29, 1.82) is 0 Å². The highest BCUT2D eigenvalue weighted by molar-refractivity contribution is 6.33. The smallest absolute Gasteiger partial charge is 0.254 e. The molecule has 36 heavy (non-hydrogen) atoms. The molecule has 4 rings (SSSR count). The highest BCUT2D eigenvalue weighted by Crippen LogP contribution is 2.31. The fraction of sp³-hybridized carbons (Fsp3) is 0.308. The summed E-state index contributed by atoms with van der Waals surface area (Å²) in [7, 11) is 0. The van der Waals surface area contributed by atoms with Crippen LogP contribution in [-0.4, -0.2) is 62.2 Å². The molecule has 1 aromatic heterocycles. The Morgan fingerprint density at radius 3 is 2.64 bits per heavy atom. The van der Waals surface area contributed by atoms with Gasteiger partial charge in [0.2, 0.25) is 11.9 Å². The summed E-state index contributed by atoms with van der Waals surface area (Å²) >= 11 is 6.34. The standard InChI is InChI=1S/C26H28ClN5O4/c1-15(14-33)29-26-28-11-21(27)24(31-26)18-8-9-19-12-32(25(36)20(19)10-18)13-22(35)30-23(16(2)34)17-6-4-3-5-7-17/h3-11,15-16,23,33-34H,12-14H2,1-2H3,(H,30,35)(H,28,29,31)/t15-,16-,23+/m0/s1. The minimum Gasteiger partial charge on any atom is -0.394 e. The molecule has 1 aliphatic rings. The average molecular weight is 510 g/mol. The van der Waals surface area contributed by atoms with Crippen LogP contribution < -0.4 is 10.6 Å². The van der Waals surface area contributed by atoms with Crippen LogP contribution in [0.15, 0.2) is 54.7 Å². The molecule has 0 aliphatic carbocycles. The largest absolute Gasteiger partial charge is 0.394 e. The first kappa shape index (κ1) is 25.6. The topological polar surface area (TPSA) is 128 Å². The molecule has 3 aromatic rings. The van der Waals surface area contributed by atoms with Crippen molar-refractivity contribution < 1.29 is 19.8 Å². The Balaban J connectivity index is 1.49. The van der Waals surface area contributed by atoms with E-state index in [2.05, 4.69) is 20.6 Å². The van der Waals surface area contributed by atoms with Gasteiger partial charge in [0, 0.05) is 23.7 Å². The number of carbonyl (C=O) groups is 2. The Hall–Kier alpha value is -3.53. The molecule has 2 heterocycles. The van der Waals surface area contributed by atoms with Gasteiger partial charge in [-0.25, -0.2) is 9.97 Å². The van der Waals surface area contributed by atoms with E-state index < -0.39 is 12.1 Å². The number of halogens is 1. The zero-order valence-corrected chi connectivity index (χ0v) is 20.7. The van der Waals surface area contributed by atoms with Gasteiger partial charge < -0.3 is 25.7 Å². The van der Waals surface area contributed by atoms with Crippen LogP contribution in [0, 0.1) is 0 Å². The Morgan fingerprint density at radius 2 is 1.94 bits per heavy atom. The summed E-state index contributed by atoms with van der Waals surface area (Å²) in [5, 5.41) is 25.6. The first-order valence-electron chi connectivity index (χ1n) is 11.6. The number of carbonyl (C=O) groups excluding carboxylic acids is 2. The van der Waals surface area contributed by atoms with Gasteiger partial charge in [0.05, 0.1) is 35.7 Å². The molecule has 3 atom stereocenters. The van der Waals surface area contributed by atoms with Crippen molar-refractivity contribution in [1.82, 2.24) is 20.2 Å². The van der Waals surface area contributed by atoms with Gasteiger partial charge in [-0.1, -0.05) is 54.1 Å². The molecular weight excluding hydrogens is 482 g/mol. The van der Waals surface area contributed by atoms with Crippen molar-refractivity contribution >= 4 is 29.4 Å². The van der Waals surface area contributed by atoms with Gasteiger partial charge in [-0.3, -0.25) is 9.59 Å². The fourth-order valence-electron chi connectivity index (χ4n) is 4.08. The molecule has 188 valence electrons. The zero-order valence-electron chi connectivity index (χ0n) is 20.0. The molecular formula is C26H28ClN5O4. The number of aliphatic hydroxyl groups is 2. The molecule has 0 unspecified atom stereocenters. The van der Waals surface area contributed by atoms with E-state index in [9.17, 15) is 19.8 Å². The van der Waals surface area contributed by atoms with Gasteiger partial charge in [0.25, 0.3) is 5.91 Å². The van der Waals surface area contributed by atoms with Gasteiger partial charge in [-0.2, -0.15) is 0 Å². The third kappa shape index (κ3) is 5.64. The third-order valence-corrected chi connectivity index (χ3v) is 6.22. The molecule has 0 spiro atoms. The van der Waals surface area contributed by atoms with Crippen LogP contribution in [0.1, 0.15) is 41.4 Å². The van der Waals surface area contributed by atoms with E-state index in [4.69, 9.17) is 11.6 Å². The lowest BCUT2D eigenvalue weighted by Gasteiger charge is -2.23. The third-order valence-electron chi connectivity index (χ3n) is 5.95. The number of aliphatic hydroxyl groups excluding tert-OH is 2. The van der Waals surface area contributed by atoms with Crippen LogP contribution in [0.4, 0.5) is 5.95 Å². The summed E-state index contributed by atoms with van der Waals surface area (Å²) in [6.45, 7) is 3.48. The van der Waals surface area contributed by atoms with Crippen molar-refractivity contribution in [3.05, 3.63) is 76.4 Å². The number of hydrogen-bond acceptors (Lipinski definition) is 7. The molecule has 2 amide bonds. The lowest BCUT2D eigenvalue weighted by molar-refractivity contribution is -0.123. The molecule has 0 saturated heterocycles. The average Bonchev–Trinajstić information content (AvgIpc) is 3.18. The second-order valence-corrected chi connectivity index (χ2v) is 9.25. The number of nitrogens with one attached hydrogen (secondary N) is 2. The maximum absolute atomic E-state index is 13.1. The van der Waals surface area contributed by atoms with E-state index in [1.165, 1.54) is 11.1 Å². The first-order valence-corrected chi connectivity index (χ1v) is 12.0. The van der Waals surface area contributed by atoms with Gasteiger partial charge in [0.1, 0.15) is 6.54 Å². The summed E-state index contributed by atoms with van der Waals surface area (Å²) < 4.78 is 0. The summed E-state index contributed by atoms with van der Waals surface area (Å²) in [4.78, 5) is 36.0. The van der Waals surface area contributed by atoms with Gasteiger partial charge in [-0.05, 0) is 31.0 Å². The number of amides is 2. The van der Waals surface area contributed by atoms with Crippen LogP contribution in [0.5, 0.6) is 0 Å². The molecule has 0 bridgehead atoms. The van der Waals surface area contributed by atoms with Gasteiger partial charge >= 0.3 is 0 Å². The van der Waals surface area contributed by atoms with E-state index >= 15 is 0 Å². The monoisotopic (exact) mass is 509 g/mol. The number of anilines is 1. The minimum absolute atomic E-state index is 0.0820. The number of nitrogens with zero attached hydrogens (tertiary/aromatic N) is 3. The normalized spacial score (nSPS) is 15.2. The number of aromatic nitrogens is 2. The molecule has 0 radical (unpaired) electrons. The van der Waals surface area contributed by atoms with E-state index in [0.29, 0.717) is 34.3 Å². The Bertz CT molecular complexity index is 1250. The van der Waals surface area contributed by atoms with Crippen molar-refractivity contribution in [3.63, 3.8) is 0 Å². The Kier molecular flexibility index (Phi) is 7.83.